The summed E-state index contributed by atoms with van der Waals surface area (Å²) in [5.41, 5.74) is 0.373. The predicted molar refractivity (Wildman–Crippen MR) is 84.6 cm³/mol. The van der Waals surface area contributed by atoms with E-state index in [1.165, 1.54) is 0 Å². The van der Waals surface area contributed by atoms with Crippen molar-refractivity contribution >= 4 is 6.09 Å². The zero-order chi connectivity index (χ0) is 16.4. The van der Waals surface area contributed by atoms with Gasteiger partial charge in [0, 0.05) is 12.1 Å². The SMILES string of the molecule is CC(C)(C)OC(=O)N1CCCC1c1nc(-c2ccccc2)no1. The molecule has 1 fully saturated rings. The molecule has 1 atom stereocenters. The third-order valence-electron chi connectivity index (χ3n) is 3.64. The van der Waals surface area contributed by atoms with E-state index in [1.54, 1.807) is 4.90 Å². The smallest absolute Gasteiger partial charge is 0.410 e. The van der Waals surface area contributed by atoms with Gasteiger partial charge in [0.05, 0.1) is 0 Å². The van der Waals surface area contributed by atoms with E-state index in [9.17, 15) is 4.79 Å². The number of carbonyl (C=O) groups excluding carboxylic acids is 1. The lowest BCUT2D eigenvalue weighted by Gasteiger charge is -2.26. The minimum Gasteiger partial charge on any atom is -0.444 e. The van der Waals surface area contributed by atoms with Gasteiger partial charge in [0.25, 0.3) is 0 Å². The molecular formula is C17H21N3O3. The van der Waals surface area contributed by atoms with Gasteiger partial charge < -0.3 is 9.26 Å². The summed E-state index contributed by atoms with van der Waals surface area (Å²) < 4.78 is 10.9. The van der Waals surface area contributed by atoms with Crippen LogP contribution in [0.25, 0.3) is 11.4 Å². The first-order valence-electron chi connectivity index (χ1n) is 7.83. The van der Waals surface area contributed by atoms with Crippen molar-refractivity contribution in [3.63, 3.8) is 0 Å². The Hall–Kier alpha value is -2.37. The summed E-state index contributed by atoms with van der Waals surface area (Å²) in [5, 5.41) is 4.03. The van der Waals surface area contributed by atoms with Crippen LogP contribution in [0.15, 0.2) is 34.9 Å². The average Bonchev–Trinajstić information content (AvgIpc) is 3.15. The van der Waals surface area contributed by atoms with Crippen molar-refractivity contribution in [2.45, 2.75) is 45.3 Å². The minimum atomic E-state index is -0.520. The van der Waals surface area contributed by atoms with Gasteiger partial charge in [-0.15, -0.1) is 0 Å². The Morgan fingerprint density at radius 3 is 2.74 bits per heavy atom. The molecule has 23 heavy (non-hydrogen) atoms. The van der Waals surface area contributed by atoms with Gasteiger partial charge in [-0.1, -0.05) is 35.5 Å². The van der Waals surface area contributed by atoms with Crippen molar-refractivity contribution in [2.24, 2.45) is 0 Å². The van der Waals surface area contributed by atoms with Crippen LogP contribution in [0.5, 0.6) is 0 Å². The van der Waals surface area contributed by atoms with Gasteiger partial charge in [0.15, 0.2) is 0 Å². The number of aromatic nitrogens is 2. The van der Waals surface area contributed by atoms with Crippen molar-refractivity contribution in [3.8, 4) is 11.4 Å². The predicted octanol–water partition coefficient (Wildman–Crippen LogP) is 3.81. The second kappa shape index (κ2) is 6.02. The number of amides is 1. The van der Waals surface area contributed by atoms with Gasteiger partial charge in [-0.05, 0) is 33.6 Å². The standard InChI is InChI=1S/C17H21N3O3/c1-17(2,3)22-16(21)20-11-7-10-13(20)15-18-14(19-23-15)12-8-5-4-6-9-12/h4-6,8-9,13H,7,10-11H2,1-3H3. The van der Waals surface area contributed by atoms with Gasteiger partial charge >= 0.3 is 6.09 Å². The highest BCUT2D eigenvalue weighted by atomic mass is 16.6. The number of ether oxygens (including phenoxy) is 1. The summed E-state index contributed by atoms with van der Waals surface area (Å²) in [4.78, 5) is 18.5. The largest absolute Gasteiger partial charge is 0.444 e. The Labute approximate surface area is 135 Å². The Morgan fingerprint density at radius 2 is 2.04 bits per heavy atom. The molecule has 3 rings (SSSR count). The molecule has 1 amide bonds. The lowest BCUT2D eigenvalue weighted by molar-refractivity contribution is 0.0199. The summed E-state index contributed by atoms with van der Waals surface area (Å²) in [6.07, 6.45) is 1.36. The third-order valence-corrected chi connectivity index (χ3v) is 3.64. The summed E-state index contributed by atoms with van der Waals surface area (Å²) >= 11 is 0. The Morgan fingerprint density at radius 1 is 1.30 bits per heavy atom. The molecular weight excluding hydrogens is 294 g/mol. The molecule has 0 aliphatic carbocycles. The lowest BCUT2D eigenvalue weighted by atomic mass is 10.2. The van der Waals surface area contributed by atoms with Gasteiger partial charge in [0.1, 0.15) is 11.6 Å². The van der Waals surface area contributed by atoms with E-state index in [0.29, 0.717) is 18.3 Å². The maximum Gasteiger partial charge on any atom is 0.410 e. The number of rotatable bonds is 2. The van der Waals surface area contributed by atoms with Gasteiger partial charge in [-0.25, -0.2) is 4.79 Å². The molecule has 122 valence electrons. The first kappa shape index (κ1) is 15.5. The molecule has 1 aromatic heterocycles. The Bertz CT molecular complexity index is 676. The van der Waals surface area contributed by atoms with E-state index in [2.05, 4.69) is 10.1 Å². The maximum absolute atomic E-state index is 12.3. The van der Waals surface area contributed by atoms with E-state index in [-0.39, 0.29) is 12.1 Å². The van der Waals surface area contributed by atoms with Crippen molar-refractivity contribution in [3.05, 3.63) is 36.2 Å². The first-order chi connectivity index (χ1) is 10.9. The fourth-order valence-electron chi connectivity index (χ4n) is 2.64. The number of nitrogens with zero attached hydrogens (tertiary/aromatic N) is 3. The van der Waals surface area contributed by atoms with E-state index in [0.717, 1.165) is 18.4 Å². The molecule has 6 heteroatoms. The van der Waals surface area contributed by atoms with E-state index in [1.807, 2.05) is 51.1 Å². The molecule has 0 N–H and O–H groups in total. The van der Waals surface area contributed by atoms with Gasteiger partial charge in [-0.3, -0.25) is 4.90 Å². The molecule has 1 aliphatic rings. The van der Waals surface area contributed by atoms with Gasteiger partial charge in [-0.2, -0.15) is 4.98 Å². The summed E-state index contributed by atoms with van der Waals surface area (Å²) in [6.45, 7) is 6.21. The maximum atomic E-state index is 12.3. The number of carbonyl (C=O) groups is 1. The molecule has 6 nitrogen and oxygen atoms in total. The second-order valence-corrected chi connectivity index (χ2v) is 6.65. The number of hydrogen-bond acceptors (Lipinski definition) is 5. The molecule has 1 aromatic carbocycles. The second-order valence-electron chi connectivity index (χ2n) is 6.65. The number of hydrogen-bond donors (Lipinski definition) is 0. The first-order valence-corrected chi connectivity index (χ1v) is 7.83. The van der Waals surface area contributed by atoms with Crippen LogP contribution in [0.1, 0.15) is 45.5 Å². The lowest BCUT2D eigenvalue weighted by Crippen LogP contribution is -2.36. The quantitative estimate of drug-likeness (QED) is 0.843. The van der Waals surface area contributed by atoms with Crippen LogP contribution in [0.4, 0.5) is 4.79 Å². The van der Waals surface area contributed by atoms with E-state index >= 15 is 0 Å². The molecule has 0 saturated carbocycles. The highest BCUT2D eigenvalue weighted by Crippen LogP contribution is 2.33. The molecule has 0 bridgehead atoms. The highest BCUT2D eigenvalue weighted by molar-refractivity contribution is 5.69. The summed E-state index contributed by atoms with van der Waals surface area (Å²) in [6, 6.07) is 9.42. The topological polar surface area (TPSA) is 68.5 Å². The van der Waals surface area contributed by atoms with Crippen LogP contribution < -0.4 is 0 Å². The van der Waals surface area contributed by atoms with Crippen LogP contribution in [0.2, 0.25) is 0 Å². The monoisotopic (exact) mass is 315 g/mol. The molecule has 1 unspecified atom stereocenters. The molecule has 0 spiro atoms. The highest BCUT2D eigenvalue weighted by Gasteiger charge is 2.36. The van der Waals surface area contributed by atoms with Crippen molar-refractivity contribution in [1.82, 2.24) is 15.0 Å². The normalized spacial score (nSPS) is 18.2. The third kappa shape index (κ3) is 3.52. The average molecular weight is 315 g/mol. The van der Waals surface area contributed by atoms with Crippen LogP contribution in [-0.4, -0.2) is 33.3 Å². The fraction of sp³-hybridized carbons (Fsp3) is 0.471. The van der Waals surface area contributed by atoms with Crippen LogP contribution >= 0.6 is 0 Å². The summed E-state index contributed by atoms with van der Waals surface area (Å²) in [5.74, 6) is 1.00. The van der Waals surface area contributed by atoms with Crippen LogP contribution in [-0.2, 0) is 4.74 Å². The zero-order valence-electron chi connectivity index (χ0n) is 13.7. The van der Waals surface area contributed by atoms with Crippen LogP contribution in [0.3, 0.4) is 0 Å². The summed E-state index contributed by atoms with van der Waals surface area (Å²) in [7, 11) is 0. The molecule has 2 heterocycles. The van der Waals surface area contributed by atoms with E-state index in [4.69, 9.17) is 9.26 Å². The van der Waals surface area contributed by atoms with E-state index < -0.39 is 5.60 Å². The molecule has 0 radical (unpaired) electrons. The van der Waals surface area contributed by atoms with Crippen molar-refractivity contribution in [2.75, 3.05) is 6.54 Å². The molecule has 1 saturated heterocycles. The minimum absolute atomic E-state index is 0.213. The molecule has 2 aromatic rings. The Balaban J connectivity index is 1.78. The van der Waals surface area contributed by atoms with Crippen molar-refractivity contribution < 1.29 is 14.1 Å². The number of likely N-dealkylation sites (tertiary alicyclic amines) is 1. The number of benzene rings is 1. The fourth-order valence-corrected chi connectivity index (χ4v) is 2.64. The Kier molecular flexibility index (Phi) is 4.07. The van der Waals surface area contributed by atoms with Gasteiger partial charge in [0.2, 0.25) is 11.7 Å². The van der Waals surface area contributed by atoms with Crippen molar-refractivity contribution in [1.29, 1.82) is 0 Å². The van der Waals surface area contributed by atoms with Crippen LogP contribution in [0, 0.1) is 0 Å². The zero-order valence-corrected chi connectivity index (χ0v) is 13.7. The molecule has 1 aliphatic heterocycles.